The molecule has 5 heteroatoms. The third kappa shape index (κ3) is 3.29. The van der Waals surface area contributed by atoms with Crippen LogP contribution in [0.3, 0.4) is 0 Å². The Morgan fingerprint density at radius 1 is 1.22 bits per heavy atom. The molecule has 0 radical (unpaired) electrons. The molecule has 0 atom stereocenters. The maximum atomic E-state index is 13.6. The van der Waals surface area contributed by atoms with Crippen LogP contribution < -0.4 is 5.32 Å². The molecule has 0 fully saturated rings. The first-order valence-corrected chi connectivity index (χ1v) is 7.27. The second kappa shape index (κ2) is 6.44. The van der Waals surface area contributed by atoms with E-state index in [1.54, 1.807) is 54.3 Å². The fraction of sp³-hybridized carbons (Fsp3) is 0.111. The van der Waals surface area contributed by atoms with Gasteiger partial charge in [-0.2, -0.15) is 5.10 Å². The maximum absolute atomic E-state index is 13.6. The fourth-order valence-corrected chi connectivity index (χ4v) is 2.30. The molecule has 1 N–H and O–H groups in total. The van der Waals surface area contributed by atoms with E-state index < -0.39 is 0 Å². The van der Waals surface area contributed by atoms with Crippen molar-refractivity contribution in [2.75, 3.05) is 0 Å². The second-order valence-electron chi connectivity index (χ2n) is 5.23. The summed E-state index contributed by atoms with van der Waals surface area (Å²) in [6, 6.07) is 14.0. The van der Waals surface area contributed by atoms with Crippen molar-refractivity contribution >= 4 is 5.91 Å². The zero-order chi connectivity index (χ0) is 16.2. The molecule has 116 valence electrons. The molecule has 0 aliphatic rings. The lowest BCUT2D eigenvalue weighted by molar-refractivity contribution is 0.0950. The van der Waals surface area contributed by atoms with E-state index in [9.17, 15) is 9.18 Å². The number of benzene rings is 2. The van der Waals surface area contributed by atoms with E-state index in [1.807, 2.05) is 12.1 Å². The fourth-order valence-electron chi connectivity index (χ4n) is 2.30. The summed E-state index contributed by atoms with van der Waals surface area (Å²) < 4.78 is 15.2. The van der Waals surface area contributed by atoms with Crippen molar-refractivity contribution in [1.82, 2.24) is 15.1 Å². The molecule has 0 aliphatic heterocycles. The molecule has 3 aromatic rings. The monoisotopic (exact) mass is 309 g/mol. The average Bonchev–Trinajstić information content (AvgIpc) is 3.10. The van der Waals surface area contributed by atoms with Crippen LogP contribution in [0.1, 0.15) is 21.5 Å². The van der Waals surface area contributed by atoms with Gasteiger partial charge in [-0.25, -0.2) is 9.07 Å². The highest BCUT2D eigenvalue weighted by atomic mass is 19.1. The largest absolute Gasteiger partial charge is 0.348 e. The van der Waals surface area contributed by atoms with Gasteiger partial charge in [0.25, 0.3) is 5.91 Å². The standard InChI is InChI=1S/C18H16FN3O/c1-13-7-8-14(11-16(13)19)12-20-18(23)15-5-2-3-6-17(15)22-10-4-9-21-22/h2-11H,12H2,1H3,(H,20,23). The molecule has 1 amide bonds. The van der Waals surface area contributed by atoms with Gasteiger partial charge in [0.1, 0.15) is 5.82 Å². The van der Waals surface area contributed by atoms with Crippen molar-refractivity contribution in [2.24, 2.45) is 0 Å². The lowest BCUT2D eigenvalue weighted by Crippen LogP contribution is -2.24. The molecule has 1 heterocycles. The lowest BCUT2D eigenvalue weighted by Gasteiger charge is -2.10. The highest BCUT2D eigenvalue weighted by Gasteiger charge is 2.12. The molecule has 4 nitrogen and oxygen atoms in total. The number of hydrogen-bond acceptors (Lipinski definition) is 2. The van der Waals surface area contributed by atoms with Gasteiger partial charge in [0.2, 0.25) is 0 Å². The average molecular weight is 309 g/mol. The Bertz CT molecular complexity index is 828. The van der Waals surface area contributed by atoms with Crippen LogP contribution in [0.25, 0.3) is 5.69 Å². The molecule has 3 rings (SSSR count). The van der Waals surface area contributed by atoms with Gasteiger partial charge < -0.3 is 5.32 Å². The van der Waals surface area contributed by atoms with Gasteiger partial charge in [-0.15, -0.1) is 0 Å². The lowest BCUT2D eigenvalue weighted by atomic mass is 10.1. The molecule has 23 heavy (non-hydrogen) atoms. The van der Waals surface area contributed by atoms with E-state index in [4.69, 9.17) is 0 Å². The summed E-state index contributed by atoms with van der Waals surface area (Å²) in [5.74, 6) is -0.495. The van der Waals surface area contributed by atoms with E-state index in [0.717, 1.165) is 5.56 Å². The smallest absolute Gasteiger partial charge is 0.253 e. The number of amides is 1. The molecule has 0 spiro atoms. The van der Waals surface area contributed by atoms with E-state index in [1.165, 1.54) is 6.07 Å². The van der Waals surface area contributed by atoms with Crippen LogP contribution in [0.2, 0.25) is 0 Å². The third-order valence-electron chi connectivity index (χ3n) is 3.59. The van der Waals surface area contributed by atoms with Gasteiger partial charge in [0.15, 0.2) is 0 Å². The molecule has 0 aliphatic carbocycles. The predicted octanol–water partition coefficient (Wildman–Crippen LogP) is 3.25. The number of para-hydroxylation sites is 1. The van der Waals surface area contributed by atoms with E-state index in [0.29, 0.717) is 16.8 Å². The van der Waals surface area contributed by atoms with E-state index in [-0.39, 0.29) is 18.3 Å². The van der Waals surface area contributed by atoms with Gasteiger partial charge in [0, 0.05) is 18.9 Å². The summed E-state index contributed by atoms with van der Waals surface area (Å²) in [6.45, 7) is 1.97. The summed E-state index contributed by atoms with van der Waals surface area (Å²) in [7, 11) is 0. The number of nitrogens with one attached hydrogen (secondary N) is 1. The molecule has 0 bridgehead atoms. The minimum atomic E-state index is -0.270. The van der Waals surface area contributed by atoms with Crippen molar-refractivity contribution in [3.63, 3.8) is 0 Å². The zero-order valence-corrected chi connectivity index (χ0v) is 12.7. The highest BCUT2D eigenvalue weighted by Crippen LogP contribution is 2.14. The van der Waals surface area contributed by atoms with Crippen LogP contribution in [-0.4, -0.2) is 15.7 Å². The normalized spacial score (nSPS) is 10.5. The molecule has 0 saturated heterocycles. The Labute approximate surface area is 133 Å². The molecule has 1 aromatic heterocycles. The first-order chi connectivity index (χ1) is 11.1. The summed E-state index contributed by atoms with van der Waals surface area (Å²) >= 11 is 0. The number of aryl methyl sites for hydroxylation is 1. The Morgan fingerprint density at radius 2 is 2.04 bits per heavy atom. The minimum absolute atomic E-state index is 0.225. The van der Waals surface area contributed by atoms with Gasteiger partial charge in [-0.3, -0.25) is 4.79 Å². The first-order valence-electron chi connectivity index (χ1n) is 7.27. The zero-order valence-electron chi connectivity index (χ0n) is 12.7. The quantitative estimate of drug-likeness (QED) is 0.804. The van der Waals surface area contributed by atoms with Gasteiger partial charge in [0.05, 0.1) is 11.3 Å². The first kappa shape index (κ1) is 15.0. The number of aromatic nitrogens is 2. The molecular weight excluding hydrogens is 293 g/mol. The summed E-state index contributed by atoms with van der Waals surface area (Å²) in [5.41, 5.74) is 2.52. The third-order valence-corrected chi connectivity index (χ3v) is 3.59. The van der Waals surface area contributed by atoms with Crippen LogP contribution in [0.4, 0.5) is 4.39 Å². The number of carbonyl (C=O) groups excluding carboxylic acids is 1. The number of nitrogens with zero attached hydrogens (tertiary/aromatic N) is 2. The Hall–Kier alpha value is -2.95. The van der Waals surface area contributed by atoms with Crippen LogP contribution in [0.5, 0.6) is 0 Å². The Balaban J connectivity index is 1.77. The topological polar surface area (TPSA) is 46.9 Å². The summed E-state index contributed by atoms with van der Waals surface area (Å²) in [6.07, 6.45) is 3.44. The maximum Gasteiger partial charge on any atom is 0.253 e. The summed E-state index contributed by atoms with van der Waals surface area (Å²) in [5, 5.41) is 6.97. The second-order valence-corrected chi connectivity index (χ2v) is 5.23. The molecule has 0 unspecified atom stereocenters. The van der Waals surface area contributed by atoms with Crippen LogP contribution >= 0.6 is 0 Å². The number of rotatable bonds is 4. The minimum Gasteiger partial charge on any atom is -0.348 e. The van der Waals surface area contributed by atoms with Gasteiger partial charge in [-0.1, -0.05) is 24.3 Å². The Morgan fingerprint density at radius 3 is 2.78 bits per heavy atom. The van der Waals surface area contributed by atoms with Crippen molar-refractivity contribution in [1.29, 1.82) is 0 Å². The number of carbonyl (C=O) groups is 1. The van der Waals surface area contributed by atoms with Crippen LogP contribution in [0.15, 0.2) is 60.9 Å². The van der Waals surface area contributed by atoms with Gasteiger partial charge >= 0.3 is 0 Å². The number of halogens is 1. The molecule has 0 saturated carbocycles. The van der Waals surface area contributed by atoms with E-state index in [2.05, 4.69) is 10.4 Å². The van der Waals surface area contributed by atoms with Crippen molar-refractivity contribution < 1.29 is 9.18 Å². The van der Waals surface area contributed by atoms with Crippen molar-refractivity contribution in [2.45, 2.75) is 13.5 Å². The molecular formula is C18H16FN3O. The Kier molecular flexibility index (Phi) is 4.19. The SMILES string of the molecule is Cc1ccc(CNC(=O)c2ccccc2-n2cccn2)cc1F. The summed E-state index contributed by atoms with van der Waals surface area (Å²) in [4.78, 5) is 12.4. The highest BCUT2D eigenvalue weighted by molar-refractivity contribution is 5.97. The van der Waals surface area contributed by atoms with Crippen LogP contribution in [0, 0.1) is 12.7 Å². The van der Waals surface area contributed by atoms with E-state index >= 15 is 0 Å². The van der Waals surface area contributed by atoms with Crippen molar-refractivity contribution in [3.8, 4) is 5.69 Å². The van der Waals surface area contributed by atoms with Crippen molar-refractivity contribution in [3.05, 3.63) is 83.4 Å². The number of hydrogen-bond donors (Lipinski definition) is 1. The van der Waals surface area contributed by atoms with Crippen LogP contribution in [-0.2, 0) is 6.54 Å². The predicted molar refractivity (Wildman–Crippen MR) is 85.9 cm³/mol. The molecule has 2 aromatic carbocycles. The van der Waals surface area contributed by atoms with Gasteiger partial charge in [-0.05, 0) is 42.3 Å².